The third-order valence-corrected chi connectivity index (χ3v) is 1.97. The quantitative estimate of drug-likeness (QED) is 0.754. The molecule has 0 fully saturated rings. The Balaban J connectivity index is 2.83. The number of hydrogen-bond acceptors (Lipinski definition) is 3. The number of anilines is 1. The highest BCUT2D eigenvalue weighted by atomic mass is 16.1. The average molecular weight is 193 g/mol. The van der Waals surface area contributed by atoms with E-state index in [2.05, 4.69) is 10.3 Å². The summed E-state index contributed by atoms with van der Waals surface area (Å²) in [5.41, 5.74) is 5.54. The lowest BCUT2D eigenvalue weighted by molar-refractivity contribution is -0.121. The van der Waals surface area contributed by atoms with Gasteiger partial charge >= 0.3 is 0 Å². The van der Waals surface area contributed by atoms with Crippen LogP contribution in [0.5, 0.6) is 0 Å². The third kappa shape index (κ3) is 2.45. The van der Waals surface area contributed by atoms with Gasteiger partial charge in [0, 0.05) is 6.20 Å². The van der Waals surface area contributed by atoms with Gasteiger partial charge < -0.3 is 11.1 Å². The molecule has 0 saturated carbocycles. The van der Waals surface area contributed by atoms with E-state index in [-0.39, 0.29) is 0 Å². The third-order valence-electron chi connectivity index (χ3n) is 1.97. The van der Waals surface area contributed by atoms with Crippen LogP contribution in [0.1, 0.15) is 19.4 Å². The first-order chi connectivity index (χ1) is 6.42. The molecule has 0 bridgehead atoms. The molecule has 4 nitrogen and oxygen atoms in total. The molecule has 4 heteroatoms. The van der Waals surface area contributed by atoms with Gasteiger partial charge in [0.15, 0.2) is 0 Å². The van der Waals surface area contributed by atoms with Crippen LogP contribution in [0.4, 0.5) is 5.82 Å². The summed E-state index contributed by atoms with van der Waals surface area (Å²) >= 11 is 0. The first kappa shape index (κ1) is 10.5. The minimum Gasteiger partial charge on any atom is -0.368 e. The van der Waals surface area contributed by atoms with Crippen LogP contribution in [0.15, 0.2) is 18.3 Å². The van der Waals surface area contributed by atoms with Gasteiger partial charge in [-0.05, 0) is 38.5 Å². The largest absolute Gasteiger partial charge is 0.368 e. The molecule has 0 aromatic carbocycles. The highest BCUT2D eigenvalue weighted by Crippen LogP contribution is 2.12. The van der Waals surface area contributed by atoms with Gasteiger partial charge in [-0.15, -0.1) is 0 Å². The minimum atomic E-state index is -0.777. The Morgan fingerprint density at radius 3 is 2.71 bits per heavy atom. The maximum absolute atomic E-state index is 11.0. The van der Waals surface area contributed by atoms with E-state index < -0.39 is 11.4 Å². The Morgan fingerprint density at radius 1 is 1.57 bits per heavy atom. The topological polar surface area (TPSA) is 68.0 Å². The van der Waals surface area contributed by atoms with E-state index in [1.807, 2.05) is 19.1 Å². The number of nitrogens with two attached hydrogens (primary N) is 1. The van der Waals surface area contributed by atoms with E-state index in [1.54, 1.807) is 20.0 Å². The standard InChI is InChI=1S/C10H15N3O/c1-7-4-5-12-8(6-7)13-10(2,3)9(11)14/h4-6H,1-3H3,(H2,11,14)(H,12,13). The number of nitrogens with zero attached hydrogens (tertiary/aromatic N) is 1. The van der Waals surface area contributed by atoms with Gasteiger partial charge in [-0.3, -0.25) is 4.79 Å². The number of amides is 1. The molecule has 0 spiro atoms. The van der Waals surface area contributed by atoms with Crippen molar-refractivity contribution < 1.29 is 4.79 Å². The molecule has 1 aromatic heterocycles. The van der Waals surface area contributed by atoms with Gasteiger partial charge in [-0.1, -0.05) is 0 Å². The summed E-state index contributed by atoms with van der Waals surface area (Å²) in [7, 11) is 0. The molecule has 0 aliphatic heterocycles. The van der Waals surface area contributed by atoms with Crippen LogP contribution in [0, 0.1) is 6.92 Å². The van der Waals surface area contributed by atoms with E-state index in [0.29, 0.717) is 5.82 Å². The number of aromatic nitrogens is 1. The van der Waals surface area contributed by atoms with E-state index >= 15 is 0 Å². The predicted octanol–water partition coefficient (Wildman–Crippen LogP) is 1.07. The van der Waals surface area contributed by atoms with Crippen molar-refractivity contribution in [1.29, 1.82) is 0 Å². The molecule has 0 aliphatic carbocycles. The molecule has 1 rings (SSSR count). The Kier molecular flexibility index (Phi) is 2.74. The van der Waals surface area contributed by atoms with Gasteiger partial charge in [-0.25, -0.2) is 4.98 Å². The van der Waals surface area contributed by atoms with Crippen LogP contribution in [-0.2, 0) is 4.79 Å². The number of aryl methyl sites for hydroxylation is 1. The number of carbonyl (C=O) groups excluding carboxylic acids is 1. The molecule has 0 unspecified atom stereocenters. The Hall–Kier alpha value is -1.58. The van der Waals surface area contributed by atoms with Crippen molar-refractivity contribution in [3.8, 4) is 0 Å². The molecule has 0 radical (unpaired) electrons. The van der Waals surface area contributed by atoms with Crippen LogP contribution >= 0.6 is 0 Å². The van der Waals surface area contributed by atoms with E-state index in [4.69, 9.17) is 5.73 Å². The van der Waals surface area contributed by atoms with E-state index in [0.717, 1.165) is 5.56 Å². The van der Waals surface area contributed by atoms with Gasteiger partial charge in [0.05, 0.1) is 0 Å². The smallest absolute Gasteiger partial charge is 0.242 e. The Labute approximate surface area is 83.5 Å². The van der Waals surface area contributed by atoms with Crippen molar-refractivity contribution in [3.63, 3.8) is 0 Å². The predicted molar refractivity (Wildman–Crippen MR) is 55.9 cm³/mol. The molecule has 1 aromatic rings. The van der Waals surface area contributed by atoms with Crippen LogP contribution in [0.3, 0.4) is 0 Å². The monoisotopic (exact) mass is 193 g/mol. The number of pyridine rings is 1. The van der Waals surface area contributed by atoms with E-state index in [9.17, 15) is 4.79 Å². The molecule has 0 aliphatic rings. The van der Waals surface area contributed by atoms with Crippen LogP contribution in [0.2, 0.25) is 0 Å². The summed E-state index contributed by atoms with van der Waals surface area (Å²) in [4.78, 5) is 15.1. The van der Waals surface area contributed by atoms with Crippen LogP contribution in [-0.4, -0.2) is 16.4 Å². The normalized spacial score (nSPS) is 11.1. The second-order valence-corrected chi connectivity index (χ2v) is 3.83. The first-order valence-electron chi connectivity index (χ1n) is 4.42. The molecule has 1 amide bonds. The molecular weight excluding hydrogens is 178 g/mol. The fraction of sp³-hybridized carbons (Fsp3) is 0.400. The number of rotatable bonds is 3. The summed E-state index contributed by atoms with van der Waals surface area (Å²) in [6, 6.07) is 3.76. The van der Waals surface area contributed by atoms with Gasteiger partial charge in [0.2, 0.25) is 5.91 Å². The lowest BCUT2D eigenvalue weighted by atomic mass is 10.1. The van der Waals surface area contributed by atoms with Crippen LogP contribution in [0.25, 0.3) is 0 Å². The highest BCUT2D eigenvalue weighted by molar-refractivity contribution is 5.86. The lowest BCUT2D eigenvalue weighted by Gasteiger charge is -2.22. The second-order valence-electron chi connectivity index (χ2n) is 3.83. The average Bonchev–Trinajstić information content (AvgIpc) is 2.02. The number of nitrogens with one attached hydrogen (secondary N) is 1. The number of primary amides is 1. The van der Waals surface area contributed by atoms with E-state index in [1.165, 1.54) is 0 Å². The first-order valence-corrected chi connectivity index (χ1v) is 4.42. The second kappa shape index (κ2) is 3.65. The summed E-state index contributed by atoms with van der Waals surface area (Å²) < 4.78 is 0. The summed E-state index contributed by atoms with van der Waals surface area (Å²) in [6.07, 6.45) is 1.69. The zero-order valence-corrected chi connectivity index (χ0v) is 8.66. The zero-order valence-electron chi connectivity index (χ0n) is 8.66. The molecule has 3 N–H and O–H groups in total. The maximum Gasteiger partial charge on any atom is 0.242 e. The molecule has 0 atom stereocenters. The Bertz CT molecular complexity index is 347. The summed E-state index contributed by atoms with van der Waals surface area (Å²) in [5.74, 6) is 0.259. The van der Waals surface area contributed by atoms with Gasteiger partial charge in [0.1, 0.15) is 11.4 Å². The molecular formula is C10H15N3O. The maximum atomic E-state index is 11.0. The van der Waals surface area contributed by atoms with Gasteiger partial charge in [-0.2, -0.15) is 0 Å². The van der Waals surface area contributed by atoms with Crippen molar-refractivity contribution in [2.24, 2.45) is 5.73 Å². The fourth-order valence-corrected chi connectivity index (χ4v) is 0.986. The summed E-state index contributed by atoms with van der Waals surface area (Å²) in [5, 5.41) is 2.97. The number of hydrogen-bond donors (Lipinski definition) is 2. The van der Waals surface area contributed by atoms with Crippen LogP contribution < -0.4 is 11.1 Å². The van der Waals surface area contributed by atoms with Crippen molar-refractivity contribution in [2.75, 3.05) is 5.32 Å². The zero-order chi connectivity index (χ0) is 10.8. The summed E-state index contributed by atoms with van der Waals surface area (Å²) in [6.45, 7) is 5.41. The van der Waals surface area contributed by atoms with Crippen molar-refractivity contribution in [1.82, 2.24) is 4.98 Å². The highest BCUT2D eigenvalue weighted by Gasteiger charge is 2.24. The van der Waals surface area contributed by atoms with Crippen molar-refractivity contribution in [2.45, 2.75) is 26.3 Å². The number of carbonyl (C=O) groups is 1. The van der Waals surface area contributed by atoms with Crippen molar-refractivity contribution >= 4 is 11.7 Å². The minimum absolute atomic E-state index is 0.402. The Morgan fingerprint density at radius 2 is 2.21 bits per heavy atom. The van der Waals surface area contributed by atoms with Gasteiger partial charge in [0.25, 0.3) is 0 Å². The van der Waals surface area contributed by atoms with Crippen molar-refractivity contribution in [3.05, 3.63) is 23.9 Å². The lowest BCUT2D eigenvalue weighted by Crippen LogP contribution is -2.45. The SMILES string of the molecule is Cc1ccnc(NC(C)(C)C(N)=O)c1. The molecule has 0 saturated heterocycles. The molecule has 76 valence electrons. The molecule has 1 heterocycles. The fourth-order valence-electron chi connectivity index (χ4n) is 0.986. The molecule has 14 heavy (non-hydrogen) atoms.